The summed E-state index contributed by atoms with van der Waals surface area (Å²) < 4.78 is 10.4. The Hall–Kier alpha value is -2.04. The monoisotopic (exact) mass is 359 g/mol. The van der Waals surface area contributed by atoms with E-state index in [2.05, 4.69) is 23.5 Å². The van der Waals surface area contributed by atoms with Gasteiger partial charge in [-0.1, -0.05) is 18.2 Å². The van der Waals surface area contributed by atoms with Gasteiger partial charge >= 0.3 is 12.1 Å². The van der Waals surface area contributed by atoms with Crippen molar-refractivity contribution in [2.24, 2.45) is 5.92 Å². The van der Waals surface area contributed by atoms with Gasteiger partial charge in [-0.25, -0.2) is 4.79 Å². The first-order valence-corrected chi connectivity index (χ1v) is 9.47. The van der Waals surface area contributed by atoms with Crippen molar-refractivity contribution in [1.29, 1.82) is 0 Å². The number of alkyl carbamates (subject to hydrolysis) is 1. The number of ether oxygens (including phenoxy) is 2. The summed E-state index contributed by atoms with van der Waals surface area (Å²) in [5.74, 6) is 1.56. The summed E-state index contributed by atoms with van der Waals surface area (Å²) in [5.41, 5.74) is 3.44. The van der Waals surface area contributed by atoms with Crippen LogP contribution in [0.5, 0.6) is 0 Å². The largest absolute Gasteiger partial charge is 0.461 e. The standard InChI is InChI=1S/C21H29NO4/c1-13(23)25-12-14-5-7-16-17-8-6-15(19(17)18(16)11-14)9-10-22-20(24)26-21(2,3)4/h5,7,11,15,17,19H,6,8-10,12H2,1-4H3,(H,22,24)/t15-,17+,19+/m1/s1. The molecule has 2 aliphatic carbocycles. The Bertz CT molecular complexity index is 692. The zero-order valence-corrected chi connectivity index (χ0v) is 16.1. The topological polar surface area (TPSA) is 64.6 Å². The average Bonchev–Trinajstić information content (AvgIpc) is 2.87. The van der Waals surface area contributed by atoms with Crippen molar-refractivity contribution in [3.05, 3.63) is 34.9 Å². The number of fused-ring (bicyclic) bond motifs is 4. The van der Waals surface area contributed by atoms with E-state index in [1.54, 1.807) is 0 Å². The summed E-state index contributed by atoms with van der Waals surface area (Å²) in [4.78, 5) is 22.8. The number of esters is 1. The lowest BCUT2D eigenvalue weighted by molar-refractivity contribution is -0.142. The summed E-state index contributed by atoms with van der Waals surface area (Å²) in [7, 11) is 0. The van der Waals surface area contributed by atoms with Crippen LogP contribution in [0.15, 0.2) is 18.2 Å². The van der Waals surface area contributed by atoms with Crippen LogP contribution >= 0.6 is 0 Å². The second-order valence-corrected chi connectivity index (χ2v) is 8.43. The Morgan fingerprint density at radius 2 is 1.96 bits per heavy atom. The van der Waals surface area contributed by atoms with Crippen molar-refractivity contribution in [1.82, 2.24) is 5.32 Å². The van der Waals surface area contributed by atoms with Crippen LogP contribution in [0.4, 0.5) is 4.79 Å². The number of carbonyl (C=O) groups excluding carboxylic acids is 2. The maximum Gasteiger partial charge on any atom is 0.407 e. The molecule has 0 aromatic heterocycles. The van der Waals surface area contributed by atoms with E-state index >= 15 is 0 Å². The predicted molar refractivity (Wildman–Crippen MR) is 99.0 cm³/mol. The van der Waals surface area contributed by atoms with Gasteiger partial charge in [-0.15, -0.1) is 0 Å². The summed E-state index contributed by atoms with van der Waals surface area (Å²) in [6, 6.07) is 6.45. The highest BCUT2D eigenvalue weighted by molar-refractivity contribution is 5.67. The van der Waals surface area contributed by atoms with Crippen LogP contribution in [0.1, 0.15) is 75.5 Å². The van der Waals surface area contributed by atoms with Crippen LogP contribution in [0, 0.1) is 5.92 Å². The number of nitrogens with one attached hydrogen (secondary N) is 1. The Balaban J connectivity index is 1.54. The Labute approximate surface area is 155 Å². The Kier molecular flexibility index (Phi) is 5.26. The van der Waals surface area contributed by atoms with Gasteiger partial charge in [0.2, 0.25) is 0 Å². The molecule has 0 radical (unpaired) electrons. The number of rotatable bonds is 5. The van der Waals surface area contributed by atoms with Gasteiger partial charge in [0.05, 0.1) is 0 Å². The highest BCUT2D eigenvalue weighted by atomic mass is 16.6. The van der Waals surface area contributed by atoms with Crippen LogP contribution in [-0.2, 0) is 20.9 Å². The molecule has 142 valence electrons. The lowest BCUT2D eigenvalue weighted by Crippen LogP contribution is -2.34. The van der Waals surface area contributed by atoms with Crippen molar-refractivity contribution < 1.29 is 19.1 Å². The summed E-state index contributed by atoms with van der Waals surface area (Å²) >= 11 is 0. The molecular weight excluding hydrogens is 330 g/mol. The molecule has 5 heteroatoms. The molecule has 1 aromatic carbocycles. The van der Waals surface area contributed by atoms with E-state index in [-0.39, 0.29) is 12.1 Å². The van der Waals surface area contributed by atoms with Crippen molar-refractivity contribution in [2.45, 2.75) is 71.0 Å². The summed E-state index contributed by atoms with van der Waals surface area (Å²) in [5, 5.41) is 2.88. The molecule has 0 spiro atoms. The number of benzene rings is 1. The van der Waals surface area contributed by atoms with Gasteiger partial charge in [0.1, 0.15) is 12.2 Å². The number of hydrogen-bond acceptors (Lipinski definition) is 4. The third kappa shape index (κ3) is 4.19. The molecule has 1 amide bonds. The normalized spacial score (nSPS) is 23.5. The highest BCUT2D eigenvalue weighted by Gasteiger charge is 2.46. The van der Waals surface area contributed by atoms with Gasteiger partial charge < -0.3 is 14.8 Å². The second kappa shape index (κ2) is 7.29. The maximum absolute atomic E-state index is 11.8. The van der Waals surface area contributed by atoms with Gasteiger partial charge in [-0.2, -0.15) is 0 Å². The Morgan fingerprint density at radius 3 is 2.65 bits per heavy atom. The molecular formula is C21H29NO4. The van der Waals surface area contributed by atoms with Crippen molar-refractivity contribution in [3.8, 4) is 0 Å². The van der Waals surface area contributed by atoms with Crippen molar-refractivity contribution >= 4 is 12.1 Å². The lowest BCUT2D eigenvalue weighted by Gasteiger charge is -2.38. The number of hydrogen-bond donors (Lipinski definition) is 1. The molecule has 0 aliphatic heterocycles. The van der Waals surface area contributed by atoms with Gasteiger partial charge in [-0.3, -0.25) is 4.79 Å². The van der Waals surface area contributed by atoms with Gasteiger partial charge in [0.15, 0.2) is 0 Å². The van der Waals surface area contributed by atoms with Crippen LogP contribution in [-0.4, -0.2) is 24.2 Å². The SMILES string of the molecule is CC(=O)OCc1ccc2c(c1)[C@H]1[C@@H](CCNC(=O)OC(C)(C)C)CC[C@@H]21. The molecule has 26 heavy (non-hydrogen) atoms. The lowest BCUT2D eigenvalue weighted by atomic mass is 9.66. The molecule has 0 heterocycles. The molecule has 1 fully saturated rings. The van der Waals surface area contributed by atoms with Gasteiger partial charge in [0.25, 0.3) is 0 Å². The minimum atomic E-state index is -0.464. The first-order chi connectivity index (χ1) is 12.2. The first kappa shape index (κ1) is 18.7. The quantitative estimate of drug-likeness (QED) is 0.798. The predicted octanol–water partition coefficient (Wildman–Crippen LogP) is 4.26. The molecule has 0 saturated heterocycles. The summed E-state index contributed by atoms with van der Waals surface area (Å²) in [6.07, 6.45) is 3.04. The van der Waals surface area contributed by atoms with E-state index in [0.717, 1.165) is 12.0 Å². The molecule has 2 aliphatic rings. The third-order valence-corrected chi connectivity index (χ3v) is 5.33. The molecule has 3 atom stereocenters. The minimum absolute atomic E-state index is 0.252. The van der Waals surface area contributed by atoms with Crippen LogP contribution < -0.4 is 5.32 Å². The average molecular weight is 359 g/mol. The zero-order chi connectivity index (χ0) is 18.9. The molecule has 1 aromatic rings. The van der Waals surface area contributed by atoms with Crippen molar-refractivity contribution in [2.75, 3.05) is 6.54 Å². The fourth-order valence-electron chi connectivity index (χ4n) is 4.33. The molecule has 1 N–H and O–H groups in total. The highest BCUT2D eigenvalue weighted by Crippen LogP contribution is 2.60. The molecule has 0 unspecified atom stereocenters. The smallest absolute Gasteiger partial charge is 0.407 e. The fourth-order valence-corrected chi connectivity index (χ4v) is 4.33. The van der Waals surface area contributed by atoms with E-state index in [9.17, 15) is 9.59 Å². The van der Waals surface area contributed by atoms with Gasteiger partial charge in [0, 0.05) is 13.5 Å². The maximum atomic E-state index is 11.8. The molecule has 5 nitrogen and oxygen atoms in total. The molecule has 3 rings (SSSR count). The molecule has 1 saturated carbocycles. The van der Waals surface area contributed by atoms with E-state index in [4.69, 9.17) is 9.47 Å². The van der Waals surface area contributed by atoms with Crippen LogP contribution in [0.2, 0.25) is 0 Å². The Morgan fingerprint density at radius 1 is 1.19 bits per heavy atom. The van der Waals surface area contributed by atoms with Crippen molar-refractivity contribution in [3.63, 3.8) is 0 Å². The number of carbonyl (C=O) groups is 2. The van der Waals surface area contributed by atoms with Gasteiger partial charge in [-0.05, 0) is 74.5 Å². The minimum Gasteiger partial charge on any atom is -0.461 e. The summed E-state index contributed by atoms with van der Waals surface area (Å²) in [6.45, 7) is 8.02. The number of amides is 1. The van der Waals surface area contributed by atoms with E-state index in [1.165, 1.54) is 30.9 Å². The zero-order valence-electron chi connectivity index (χ0n) is 16.1. The first-order valence-electron chi connectivity index (χ1n) is 9.47. The molecule has 0 bridgehead atoms. The van der Waals surface area contributed by atoms with E-state index in [1.807, 2.05) is 20.8 Å². The van der Waals surface area contributed by atoms with Crippen LogP contribution in [0.25, 0.3) is 0 Å². The van der Waals surface area contributed by atoms with E-state index < -0.39 is 5.60 Å². The van der Waals surface area contributed by atoms with Crippen LogP contribution in [0.3, 0.4) is 0 Å². The van der Waals surface area contributed by atoms with E-state index in [0.29, 0.717) is 30.9 Å². The second-order valence-electron chi connectivity index (χ2n) is 8.43. The fraction of sp³-hybridized carbons (Fsp3) is 0.619. The third-order valence-electron chi connectivity index (χ3n) is 5.33.